The van der Waals surface area contributed by atoms with E-state index < -0.39 is 0 Å². The maximum atomic E-state index is 6.68. The fourth-order valence-corrected chi connectivity index (χ4v) is 4.28. The maximum Gasteiger partial charge on any atom is 0.178 e. The van der Waals surface area contributed by atoms with Gasteiger partial charge in [0.05, 0.1) is 25.0 Å². The Morgan fingerprint density at radius 3 is 2.36 bits per heavy atom. The van der Waals surface area contributed by atoms with Crippen molar-refractivity contribution >= 4 is 0 Å². The fourth-order valence-electron chi connectivity index (χ4n) is 4.28. The number of hydrogen-bond acceptors (Lipinski definition) is 6. The van der Waals surface area contributed by atoms with Crippen LogP contribution in [0.2, 0.25) is 0 Å². The number of hydrogen-bond donors (Lipinski definition) is 0. The molecule has 3 aromatic rings. The summed E-state index contributed by atoms with van der Waals surface area (Å²) in [5.74, 6) is 3.03. The van der Waals surface area contributed by atoms with Gasteiger partial charge in [-0.15, -0.1) is 0 Å². The first-order chi connectivity index (χ1) is 16.1. The first-order valence-corrected chi connectivity index (χ1v) is 11.9. The van der Waals surface area contributed by atoms with Crippen molar-refractivity contribution in [3.05, 3.63) is 48.7 Å². The minimum Gasteiger partial charge on any atom is -0.497 e. The SMILES string of the molecule is CCCC(Oc1cc(OC(C)C)ccc1-c1oncc1-c1ccc(OC)cc1)N1CCCC1. The molecule has 1 aliphatic rings. The normalized spacial score (nSPS) is 15.1. The summed E-state index contributed by atoms with van der Waals surface area (Å²) >= 11 is 0. The van der Waals surface area contributed by atoms with E-state index in [-0.39, 0.29) is 12.3 Å². The van der Waals surface area contributed by atoms with Crippen LogP contribution in [0.1, 0.15) is 46.5 Å². The quantitative estimate of drug-likeness (QED) is 0.356. The molecule has 6 heteroatoms. The number of nitrogens with zero attached hydrogens (tertiary/aromatic N) is 2. The van der Waals surface area contributed by atoms with Crippen molar-refractivity contribution in [2.24, 2.45) is 0 Å². The van der Waals surface area contributed by atoms with E-state index in [2.05, 4.69) is 17.0 Å². The highest BCUT2D eigenvalue weighted by Gasteiger charge is 2.26. The van der Waals surface area contributed by atoms with Crippen molar-refractivity contribution in [1.82, 2.24) is 10.1 Å². The molecule has 2 aromatic carbocycles. The summed E-state index contributed by atoms with van der Waals surface area (Å²) in [6.45, 7) is 8.39. The molecule has 0 amide bonds. The van der Waals surface area contributed by atoms with Crippen LogP contribution in [0.3, 0.4) is 0 Å². The van der Waals surface area contributed by atoms with E-state index in [1.54, 1.807) is 13.3 Å². The van der Waals surface area contributed by atoms with Gasteiger partial charge in [-0.05, 0) is 62.9 Å². The molecule has 1 aromatic heterocycles. The second-order valence-electron chi connectivity index (χ2n) is 8.73. The summed E-state index contributed by atoms with van der Waals surface area (Å²) in [7, 11) is 1.66. The van der Waals surface area contributed by atoms with Crippen LogP contribution in [-0.2, 0) is 0 Å². The predicted molar refractivity (Wildman–Crippen MR) is 130 cm³/mol. The first kappa shape index (κ1) is 23.2. The Hall–Kier alpha value is -2.99. The number of aromatic nitrogens is 1. The molecule has 1 atom stereocenters. The van der Waals surface area contributed by atoms with E-state index in [0.717, 1.165) is 59.9 Å². The zero-order valence-corrected chi connectivity index (χ0v) is 20.0. The van der Waals surface area contributed by atoms with Crippen molar-refractivity contribution in [3.63, 3.8) is 0 Å². The molecule has 2 heterocycles. The first-order valence-electron chi connectivity index (χ1n) is 11.9. The molecule has 0 saturated carbocycles. The van der Waals surface area contributed by atoms with E-state index in [1.165, 1.54) is 12.8 Å². The van der Waals surface area contributed by atoms with Crippen molar-refractivity contribution in [3.8, 4) is 39.7 Å². The van der Waals surface area contributed by atoms with Crippen molar-refractivity contribution in [2.45, 2.75) is 58.8 Å². The molecule has 0 spiro atoms. The molecule has 6 nitrogen and oxygen atoms in total. The lowest BCUT2D eigenvalue weighted by molar-refractivity contribution is 0.0358. The van der Waals surface area contributed by atoms with E-state index in [4.69, 9.17) is 18.7 Å². The summed E-state index contributed by atoms with van der Waals surface area (Å²) in [5, 5.41) is 4.12. The van der Waals surface area contributed by atoms with E-state index >= 15 is 0 Å². The molecule has 1 fully saturated rings. The van der Waals surface area contributed by atoms with Gasteiger partial charge in [-0.3, -0.25) is 4.90 Å². The molecule has 33 heavy (non-hydrogen) atoms. The molecule has 0 N–H and O–H groups in total. The second kappa shape index (κ2) is 10.8. The Kier molecular flexibility index (Phi) is 7.55. The average Bonchev–Trinajstić information content (AvgIpc) is 3.51. The van der Waals surface area contributed by atoms with E-state index in [1.807, 2.05) is 56.3 Å². The average molecular weight is 451 g/mol. The van der Waals surface area contributed by atoms with Gasteiger partial charge in [0, 0.05) is 24.7 Å². The monoisotopic (exact) mass is 450 g/mol. The van der Waals surface area contributed by atoms with Gasteiger partial charge in [0.1, 0.15) is 17.2 Å². The Labute approximate surface area is 196 Å². The zero-order valence-electron chi connectivity index (χ0n) is 20.0. The number of likely N-dealkylation sites (tertiary alicyclic amines) is 1. The molecule has 0 radical (unpaired) electrons. The van der Waals surface area contributed by atoms with Gasteiger partial charge in [-0.2, -0.15) is 0 Å². The largest absolute Gasteiger partial charge is 0.497 e. The summed E-state index contributed by atoms with van der Waals surface area (Å²) in [6, 6.07) is 13.8. The summed E-state index contributed by atoms with van der Waals surface area (Å²) in [4.78, 5) is 2.44. The third-order valence-electron chi connectivity index (χ3n) is 5.89. The van der Waals surface area contributed by atoms with Gasteiger partial charge in [0.25, 0.3) is 0 Å². The maximum absolute atomic E-state index is 6.68. The predicted octanol–water partition coefficient (Wildman–Crippen LogP) is 6.41. The summed E-state index contributed by atoms with van der Waals surface area (Å²) in [6.07, 6.45) is 6.32. The van der Waals surface area contributed by atoms with Gasteiger partial charge in [0.2, 0.25) is 0 Å². The standard InChI is InChI=1S/C27H34N2O4/c1-5-8-26(29-15-6-7-16-29)32-25-17-22(31-19(2)3)13-14-23(25)27-24(18-28-33-27)20-9-11-21(30-4)12-10-20/h9-14,17-19,26H,5-8,15-16H2,1-4H3. The number of benzene rings is 2. The lowest BCUT2D eigenvalue weighted by Crippen LogP contribution is -2.37. The zero-order chi connectivity index (χ0) is 23.2. The van der Waals surface area contributed by atoms with Gasteiger partial charge in [-0.25, -0.2) is 0 Å². The van der Waals surface area contributed by atoms with Gasteiger partial charge < -0.3 is 18.7 Å². The highest BCUT2D eigenvalue weighted by molar-refractivity contribution is 5.82. The van der Waals surface area contributed by atoms with E-state index in [0.29, 0.717) is 5.76 Å². The van der Waals surface area contributed by atoms with Crippen LogP contribution in [0.25, 0.3) is 22.5 Å². The van der Waals surface area contributed by atoms with Crippen LogP contribution in [0.5, 0.6) is 17.2 Å². The van der Waals surface area contributed by atoms with Crippen LogP contribution in [0.4, 0.5) is 0 Å². The molecule has 0 bridgehead atoms. The molecule has 176 valence electrons. The highest BCUT2D eigenvalue weighted by atomic mass is 16.5. The molecule has 1 unspecified atom stereocenters. The number of ether oxygens (including phenoxy) is 3. The van der Waals surface area contributed by atoms with Crippen molar-refractivity contribution < 1.29 is 18.7 Å². The van der Waals surface area contributed by atoms with E-state index in [9.17, 15) is 0 Å². The fraction of sp³-hybridized carbons (Fsp3) is 0.444. The Morgan fingerprint density at radius 2 is 1.70 bits per heavy atom. The van der Waals surface area contributed by atoms with Gasteiger partial charge in [-0.1, -0.05) is 30.6 Å². The Balaban J connectivity index is 1.72. The smallest absolute Gasteiger partial charge is 0.178 e. The van der Waals surface area contributed by atoms with Gasteiger partial charge >= 0.3 is 0 Å². The number of rotatable bonds is 10. The lowest BCUT2D eigenvalue weighted by atomic mass is 10.0. The lowest BCUT2D eigenvalue weighted by Gasteiger charge is -2.29. The third-order valence-corrected chi connectivity index (χ3v) is 5.89. The second-order valence-corrected chi connectivity index (χ2v) is 8.73. The summed E-state index contributed by atoms with van der Waals surface area (Å²) in [5.41, 5.74) is 2.79. The minimum atomic E-state index is 0.0258. The van der Waals surface area contributed by atoms with Crippen LogP contribution in [-0.4, -0.2) is 42.6 Å². The van der Waals surface area contributed by atoms with Crippen LogP contribution < -0.4 is 14.2 Å². The topological polar surface area (TPSA) is 57.0 Å². The minimum absolute atomic E-state index is 0.0258. The Morgan fingerprint density at radius 1 is 0.970 bits per heavy atom. The molecule has 4 rings (SSSR count). The van der Waals surface area contributed by atoms with Crippen LogP contribution >= 0.6 is 0 Å². The third kappa shape index (κ3) is 5.50. The van der Waals surface area contributed by atoms with Crippen molar-refractivity contribution in [2.75, 3.05) is 20.2 Å². The van der Waals surface area contributed by atoms with Crippen LogP contribution in [0, 0.1) is 0 Å². The summed E-state index contributed by atoms with van der Waals surface area (Å²) < 4.78 is 23.7. The van der Waals surface area contributed by atoms with Crippen molar-refractivity contribution in [1.29, 1.82) is 0 Å². The number of methoxy groups -OCH3 is 1. The van der Waals surface area contributed by atoms with Crippen LogP contribution in [0.15, 0.2) is 53.2 Å². The van der Waals surface area contributed by atoms with Gasteiger partial charge in [0.15, 0.2) is 12.0 Å². The molecular weight excluding hydrogens is 416 g/mol. The Bertz CT molecular complexity index is 1020. The highest BCUT2D eigenvalue weighted by Crippen LogP contribution is 2.40. The molecule has 0 aliphatic carbocycles. The molecular formula is C27H34N2O4. The molecule has 1 saturated heterocycles. The molecule has 1 aliphatic heterocycles.